The first-order chi connectivity index (χ1) is 12.5. The number of ether oxygens (including phenoxy) is 1. The van der Waals surface area contributed by atoms with E-state index in [2.05, 4.69) is 20.9 Å². The Morgan fingerprint density at radius 1 is 1.27 bits per heavy atom. The summed E-state index contributed by atoms with van der Waals surface area (Å²) in [6.07, 6.45) is 7.38. The number of esters is 1. The molecule has 0 aromatic carbocycles. The van der Waals surface area contributed by atoms with Gasteiger partial charge in [-0.25, -0.2) is 9.78 Å². The number of aliphatic hydroxyl groups is 2. The summed E-state index contributed by atoms with van der Waals surface area (Å²) in [7, 11) is 1.33. The van der Waals surface area contributed by atoms with Crippen LogP contribution in [0.15, 0.2) is 16.7 Å². The first kappa shape index (κ1) is 19.6. The second-order valence-electron chi connectivity index (χ2n) is 7.46. The highest BCUT2D eigenvalue weighted by molar-refractivity contribution is 9.10. The van der Waals surface area contributed by atoms with Crippen molar-refractivity contribution < 1.29 is 19.7 Å². The van der Waals surface area contributed by atoms with Crippen LogP contribution in [-0.2, 0) is 4.74 Å². The number of rotatable bonds is 4. The molecule has 144 valence electrons. The summed E-state index contributed by atoms with van der Waals surface area (Å²) in [5, 5.41) is 21.4. The number of aromatic nitrogens is 1. The lowest BCUT2D eigenvalue weighted by atomic mass is 9.77. The molecule has 1 saturated heterocycles. The zero-order valence-electron chi connectivity index (χ0n) is 15.1. The fourth-order valence-corrected chi connectivity index (χ4v) is 4.62. The number of nitrogens with zero attached hydrogens (tertiary/aromatic N) is 2. The summed E-state index contributed by atoms with van der Waals surface area (Å²) < 4.78 is 5.52. The van der Waals surface area contributed by atoms with E-state index in [1.165, 1.54) is 39.2 Å². The van der Waals surface area contributed by atoms with Gasteiger partial charge in [0.25, 0.3) is 0 Å². The van der Waals surface area contributed by atoms with Crippen LogP contribution in [0.25, 0.3) is 0 Å². The van der Waals surface area contributed by atoms with Gasteiger partial charge in [0.2, 0.25) is 0 Å². The maximum Gasteiger partial charge on any atom is 0.341 e. The Morgan fingerprint density at radius 3 is 2.54 bits per heavy atom. The molecule has 6 nitrogen and oxygen atoms in total. The molecule has 2 heterocycles. The van der Waals surface area contributed by atoms with Crippen LogP contribution in [0.5, 0.6) is 0 Å². The third kappa shape index (κ3) is 4.38. The molecule has 1 aliphatic heterocycles. The van der Waals surface area contributed by atoms with Crippen molar-refractivity contribution in [2.75, 3.05) is 25.1 Å². The molecule has 2 N–H and O–H groups in total. The molecule has 1 saturated carbocycles. The van der Waals surface area contributed by atoms with Gasteiger partial charge in [-0.15, -0.1) is 0 Å². The van der Waals surface area contributed by atoms with Gasteiger partial charge in [0, 0.05) is 29.7 Å². The minimum Gasteiger partial charge on any atom is -0.465 e. The Balaban J connectivity index is 1.73. The van der Waals surface area contributed by atoms with Crippen molar-refractivity contribution in [3.05, 3.63) is 22.3 Å². The average molecular weight is 427 g/mol. The Morgan fingerprint density at radius 2 is 1.92 bits per heavy atom. The van der Waals surface area contributed by atoms with Crippen LogP contribution in [-0.4, -0.2) is 53.6 Å². The first-order valence-corrected chi connectivity index (χ1v) is 10.1. The second kappa shape index (κ2) is 8.67. The summed E-state index contributed by atoms with van der Waals surface area (Å²) in [6, 6.07) is 1.65. The van der Waals surface area contributed by atoms with E-state index in [9.17, 15) is 15.0 Å². The normalized spacial score (nSPS) is 27.4. The summed E-state index contributed by atoms with van der Waals surface area (Å²) in [5.74, 6) is 0.434. The maximum absolute atomic E-state index is 12.1. The number of carbonyl (C=O) groups excluding carboxylic acids is 1. The van der Waals surface area contributed by atoms with E-state index in [4.69, 9.17) is 4.74 Å². The van der Waals surface area contributed by atoms with Crippen LogP contribution in [0.2, 0.25) is 0 Å². The zero-order chi connectivity index (χ0) is 18.7. The number of pyridine rings is 1. The largest absolute Gasteiger partial charge is 0.465 e. The molecule has 1 aliphatic carbocycles. The SMILES string of the molecule is COC(=O)c1cc(Br)cnc1N1CC(O)C(CC2CCCCC2)C(O)C1. The number of β-amino-alcohol motifs (C(OH)–C–C–N with tert-alkyl or cyclic N) is 2. The Hall–Kier alpha value is -1.18. The van der Waals surface area contributed by atoms with Gasteiger partial charge in [0.05, 0.1) is 19.3 Å². The summed E-state index contributed by atoms with van der Waals surface area (Å²) in [6.45, 7) is 0.708. The predicted octanol–water partition coefficient (Wildman–Crippen LogP) is 2.76. The van der Waals surface area contributed by atoms with Crippen molar-refractivity contribution in [1.82, 2.24) is 4.98 Å². The van der Waals surface area contributed by atoms with E-state index >= 15 is 0 Å². The fraction of sp³-hybridized carbons (Fsp3) is 0.684. The van der Waals surface area contributed by atoms with Crippen molar-refractivity contribution in [3.63, 3.8) is 0 Å². The quantitative estimate of drug-likeness (QED) is 0.720. The average Bonchev–Trinajstić information content (AvgIpc) is 2.64. The molecule has 0 bridgehead atoms. The van der Waals surface area contributed by atoms with Crippen LogP contribution in [0.4, 0.5) is 5.82 Å². The van der Waals surface area contributed by atoms with Gasteiger partial charge >= 0.3 is 5.97 Å². The Kier molecular flexibility index (Phi) is 6.53. The molecule has 2 fully saturated rings. The molecule has 0 amide bonds. The number of anilines is 1. The minimum absolute atomic E-state index is 0.119. The van der Waals surface area contributed by atoms with Crippen molar-refractivity contribution in [1.29, 1.82) is 0 Å². The van der Waals surface area contributed by atoms with E-state index < -0.39 is 18.2 Å². The van der Waals surface area contributed by atoms with Gasteiger partial charge in [-0.05, 0) is 34.3 Å². The zero-order valence-corrected chi connectivity index (χ0v) is 16.7. The van der Waals surface area contributed by atoms with Crippen molar-refractivity contribution in [2.24, 2.45) is 11.8 Å². The molecule has 3 rings (SSSR count). The highest BCUT2D eigenvalue weighted by atomic mass is 79.9. The molecule has 1 aromatic heterocycles. The van der Waals surface area contributed by atoms with Crippen LogP contribution in [0, 0.1) is 11.8 Å². The van der Waals surface area contributed by atoms with Gasteiger partial charge < -0.3 is 19.8 Å². The monoisotopic (exact) mass is 426 g/mol. The number of hydrogen-bond acceptors (Lipinski definition) is 6. The van der Waals surface area contributed by atoms with Gasteiger partial charge in [0.1, 0.15) is 11.4 Å². The molecule has 1 aromatic rings. The van der Waals surface area contributed by atoms with E-state index in [1.807, 2.05) is 0 Å². The number of hydrogen-bond donors (Lipinski definition) is 2. The number of piperidine rings is 1. The summed E-state index contributed by atoms with van der Waals surface area (Å²) in [4.78, 5) is 18.2. The van der Waals surface area contributed by atoms with E-state index in [0.717, 1.165) is 6.42 Å². The first-order valence-electron chi connectivity index (χ1n) is 9.34. The van der Waals surface area contributed by atoms with Crippen molar-refractivity contribution in [2.45, 2.75) is 50.7 Å². The number of aliphatic hydroxyl groups excluding tert-OH is 2. The van der Waals surface area contributed by atoms with Gasteiger partial charge in [0.15, 0.2) is 0 Å². The van der Waals surface area contributed by atoms with Crippen LogP contribution < -0.4 is 4.90 Å². The second-order valence-corrected chi connectivity index (χ2v) is 8.38. The molecular weight excluding hydrogens is 400 g/mol. The third-order valence-corrected chi connectivity index (χ3v) is 6.11. The smallest absolute Gasteiger partial charge is 0.341 e. The van der Waals surface area contributed by atoms with Crippen LogP contribution in [0.3, 0.4) is 0 Å². The summed E-state index contributed by atoms with van der Waals surface area (Å²) >= 11 is 3.32. The number of carbonyl (C=O) groups is 1. The van der Waals surface area contributed by atoms with Crippen molar-refractivity contribution in [3.8, 4) is 0 Å². The highest BCUT2D eigenvalue weighted by Crippen LogP contribution is 2.35. The lowest BCUT2D eigenvalue weighted by Crippen LogP contribution is -2.53. The summed E-state index contributed by atoms with van der Waals surface area (Å²) in [5.41, 5.74) is 0.326. The van der Waals surface area contributed by atoms with E-state index in [0.29, 0.717) is 34.9 Å². The predicted molar refractivity (Wildman–Crippen MR) is 102 cm³/mol. The Bertz CT molecular complexity index is 624. The van der Waals surface area contributed by atoms with Crippen LogP contribution in [0.1, 0.15) is 48.9 Å². The molecule has 2 aliphatic rings. The maximum atomic E-state index is 12.1. The van der Waals surface area contributed by atoms with E-state index in [-0.39, 0.29) is 5.92 Å². The van der Waals surface area contributed by atoms with Gasteiger partial charge in [-0.1, -0.05) is 32.1 Å². The standard InChI is InChI=1S/C19H27BrN2O4/c1-26-19(25)15-8-13(20)9-21-18(15)22-10-16(23)14(17(24)11-22)7-12-5-3-2-4-6-12/h8-9,12,14,16-17,23-24H,2-7,10-11H2,1H3. The van der Waals surface area contributed by atoms with Gasteiger partial charge in [-0.2, -0.15) is 0 Å². The fourth-order valence-electron chi connectivity index (χ4n) is 4.29. The molecule has 0 spiro atoms. The van der Waals surface area contributed by atoms with Crippen molar-refractivity contribution >= 4 is 27.7 Å². The number of halogens is 1. The topological polar surface area (TPSA) is 82.9 Å². The van der Waals surface area contributed by atoms with E-state index in [1.54, 1.807) is 17.2 Å². The third-order valence-electron chi connectivity index (χ3n) is 5.67. The molecular formula is C19H27BrN2O4. The molecule has 2 atom stereocenters. The lowest BCUT2D eigenvalue weighted by Gasteiger charge is -2.42. The Labute approximate surface area is 162 Å². The number of methoxy groups -OCH3 is 1. The lowest BCUT2D eigenvalue weighted by molar-refractivity contribution is -0.0152. The molecule has 0 radical (unpaired) electrons. The minimum atomic E-state index is -0.642. The van der Waals surface area contributed by atoms with Crippen LogP contribution >= 0.6 is 15.9 Å². The van der Waals surface area contributed by atoms with Gasteiger partial charge in [-0.3, -0.25) is 0 Å². The molecule has 7 heteroatoms. The highest BCUT2D eigenvalue weighted by Gasteiger charge is 2.38. The molecule has 2 unspecified atom stereocenters. The molecule has 26 heavy (non-hydrogen) atoms.